The Bertz CT molecular complexity index is 958. The molecule has 0 saturated carbocycles. The Balaban J connectivity index is 1.34. The zero-order valence-corrected chi connectivity index (χ0v) is 15.2. The van der Waals surface area contributed by atoms with Gasteiger partial charge < -0.3 is 24.1 Å². The van der Waals surface area contributed by atoms with E-state index in [0.29, 0.717) is 49.3 Å². The van der Waals surface area contributed by atoms with Gasteiger partial charge in [0.25, 0.3) is 11.8 Å². The number of amides is 2. The fourth-order valence-electron chi connectivity index (χ4n) is 2.89. The minimum atomic E-state index is -0.221. The maximum absolute atomic E-state index is 12.6. The lowest BCUT2D eigenvalue weighted by Gasteiger charge is -2.34. The van der Waals surface area contributed by atoms with Crippen LogP contribution >= 0.6 is 0 Å². The van der Waals surface area contributed by atoms with Gasteiger partial charge in [-0.2, -0.15) is 0 Å². The van der Waals surface area contributed by atoms with Crippen molar-refractivity contribution in [2.24, 2.45) is 0 Å². The van der Waals surface area contributed by atoms with E-state index in [9.17, 15) is 9.59 Å². The van der Waals surface area contributed by atoms with Crippen LogP contribution in [-0.4, -0.2) is 62.9 Å². The number of hydrogen-bond donors (Lipinski definition) is 1. The first-order chi connectivity index (χ1) is 13.6. The number of aromatic nitrogens is 3. The van der Waals surface area contributed by atoms with Gasteiger partial charge in [-0.05, 0) is 19.1 Å². The molecular weight excluding hydrogens is 364 g/mol. The highest BCUT2D eigenvalue weighted by molar-refractivity contribution is 5.93. The molecule has 2 amide bonds. The molecule has 1 N–H and O–H groups in total. The number of piperazine rings is 1. The first-order valence-electron chi connectivity index (χ1n) is 8.74. The standard InChI is InChI=1S/C18H18N6O4/c1-12-9-15(22-28-12)21-16-11-19-13(10-20-16)17(25)23-4-6-24(7-5-23)18(26)14-3-2-8-27-14/h2-3,8-11H,4-7H2,1H3,(H,20,21,22). The van der Waals surface area contributed by atoms with E-state index in [1.807, 2.05) is 0 Å². The molecule has 1 saturated heterocycles. The summed E-state index contributed by atoms with van der Waals surface area (Å²) in [6.45, 7) is 3.50. The lowest BCUT2D eigenvalue weighted by atomic mass is 10.2. The highest BCUT2D eigenvalue weighted by Crippen LogP contribution is 2.15. The van der Waals surface area contributed by atoms with Crippen LogP contribution in [0.1, 0.15) is 26.8 Å². The monoisotopic (exact) mass is 382 g/mol. The number of anilines is 2. The summed E-state index contributed by atoms with van der Waals surface area (Å²) < 4.78 is 10.1. The van der Waals surface area contributed by atoms with Crippen LogP contribution in [0.4, 0.5) is 11.6 Å². The number of rotatable bonds is 4. The average molecular weight is 382 g/mol. The Morgan fingerprint density at radius 3 is 2.36 bits per heavy atom. The van der Waals surface area contributed by atoms with Gasteiger partial charge in [0.1, 0.15) is 17.3 Å². The highest BCUT2D eigenvalue weighted by Gasteiger charge is 2.27. The van der Waals surface area contributed by atoms with Crippen molar-refractivity contribution < 1.29 is 18.5 Å². The van der Waals surface area contributed by atoms with Gasteiger partial charge in [-0.3, -0.25) is 9.59 Å². The largest absolute Gasteiger partial charge is 0.459 e. The lowest BCUT2D eigenvalue weighted by molar-refractivity contribution is 0.0515. The van der Waals surface area contributed by atoms with E-state index in [2.05, 4.69) is 20.4 Å². The summed E-state index contributed by atoms with van der Waals surface area (Å²) in [5.74, 6) is 1.56. The van der Waals surface area contributed by atoms with Crippen LogP contribution in [0.3, 0.4) is 0 Å². The number of nitrogens with zero attached hydrogens (tertiary/aromatic N) is 5. The molecule has 4 heterocycles. The van der Waals surface area contributed by atoms with Gasteiger partial charge in [0.05, 0.1) is 18.7 Å². The predicted molar refractivity (Wildman–Crippen MR) is 97.1 cm³/mol. The second-order valence-corrected chi connectivity index (χ2v) is 6.30. The van der Waals surface area contributed by atoms with Crippen LogP contribution in [0.2, 0.25) is 0 Å². The van der Waals surface area contributed by atoms with Gasteiger partial charge in [-0.25, -0.2) is 9.97 Å². The summed E-state index contributed by atoms with van der Waals surface area (Å²) in [5.41, 5.74) is 0.243. The third-order valence-corrected chi connectivity index (χ3v) is 4.34. The normalized spacial score (nSPS) is 14.2. The molecule has 1 aliphatic rings. The maximum Gasteiger partial charge on any atom is 0.289 e. The number of hydrogen-bond acceptors (Lipinski definition) is 8. The van der Waals surface area contributed by atoms with Crippen LogP contribution < -0.4 is 5.32 Å². The van der Waals surface area contributed by atoms with Gasteiger partial charge in [0.15, 0.2) is 11.6 Å². The van der Waals surface area contributed by atoms with Gasteiger partial charge in [0.2, 0.25) is 0 Å². The highest BCUT2D eigenvalue weighted by atomic mass is 16.5. The summed E-state index contributed by atoms with van der Waals surface area (Å²) in [6.07, 6.45) is 4.35. The molecule has 0 aliphatic carbocycles. The summed E-state index contributed by atoms with van der Waals surface area (Å²) in [5, 5.41) is 6.76. The van der Waals surface area contributed by atoms with Crippen molar-refractivity contribution in [1.82, 2.24) is 24.9 Å². The molecule has 0 spiro atoms. The second kappa shape index (κ2) is 7.51. The molecule has 28 heavy (non-hydrogen) atoms. The van der Waals surface area contributed by atoms with E-state index >= 15 is 0 Å². The Morgan fingerprint density at radius 1 is 1.04 bits per heavy atom. The number of carbonyl (C=O) groups excluding carboxylic acids is 2. The van der Waals surface area contributed by atoms with Crippen molar-refractivity contribution in [2.75, 3.05) is 31.5 Å². The molecule has 0 atom stereocenters. The summed E-state index contributed by atoms with van der Waals surface area (Å²) in [7, 11) is 0. The number of carbonyl (C=O) groups is 2. The van der Waals surface area contributed by atoms with Crippen molar-refractivity contribution >= 4 is 23.5 Å². The van der Waals surface area contributed by atoms with Crippen LogP contribution in [-0.2, 0) is 0 Å². The summed E-state index contributed by atoms with van der Waals surface area (Å²) in [4.78, 5) is 36.6. The Morgan fingerprint density at radius 2 is 1.79 bits per heavy atom. The Kier molecular flexibility index (Phi) is 4.75. The number of aryl methyl sites for hydroxylation is 1. The quantitative estimate of drug-likeness (QED) is 0.725. The topological polar surface area (TPSA) is 118 Å². The fraction of sp³-hybridized carbons (Fsp3) is 0.278. The molecule has 3 aromatic rings. The molecular formula is C18H18N6O4. The lowest BCUT2D eigenvalue weighted by Crippen LogP contribution is -2.50. The third kappa shape index (κ3) is 3.70. The Labute approximate surface area is 160 Å². The zero-order chi connectivity index (χ0) is 19.5. The van der Waals surface area contributed by atoms with E-state index in [-0.39, 0.29) is 17.5 Å². The third-order valence-electron chi connectivity index (χ3n) is 4.34. The van der Waals surface area contributed by atoms with Gasteiger partial charge in [0, 0.05) is 32.2 Å². The summed E-state index contributed by atoms with van der Waals surface area (Å²) >= 11 is 0. The molecule has 1 fully saturated rings. The van der Waals surface area contributed by atoms with Crippen molar-refractivity contribution in [3.63, 3.8) is 0 Å². The molecule has 0 bridgehead atoms. The van der Waals surface area contributed by atoms with Crippen molar-refractivity contribution in [3.8, 4) is 0 Å². The van der Waals surface area contributed by atoms with Crippen LogP contribution in [0.15, 0.2) is 45.8 Å². The molecule has 10 nitrogen and oxygen atoms in total. The molecule has 0 unspecified atom stereocenters. The first-order valence-corrected chi connectivity index (χ1v) is 8.74. The molecule has 3 aromatic heterocycles. The molecule has 1 aliphatic heterocycles. The predicted octanol–water partition coefficient (Wildman–Crippen LogP) is 1.71. The molecule has 0 aromatic carbocycles. The van der Waals surface area contributed by atoms with Crippen molar-refractivity contribution in [2.45, 2.75) is 6.92 Å². The van der Waals surface area contributed by atoms with Crippen molar-refractivity contribution in [1.29, 1.82) is 0 Å². The average Bonchev–Trinajstić information content (AvgIpc) is 3.40. The zero-order valence-electron chi connectivity index (χ0n) is 15.2. The first kappa shape index (κ1) is 17.7. The maximum atomic E-state index is 12.6. The number of furan rings is 1. The van der Waals surface area contributed by atoms with Gasteiger partial charge >= 0.3 is 0 Å². The van der Waals surface area contributed by atoms with E-state index in [4.69, 9.17) is 8.94 Å². The SMILES string of the molecule is Cc1cc(Nc2cnc(C(=O)N3CCN(C(=O)c4ccco4)CC3)cn2)no1. The van der Waals surface area contributed by atoms with Gasteiger partial charge in [-0.15, -0.1) is 0 Å². The molecule has 4 rings (SSSR count). The van der Waals surface area contributed by atoms with E-state index in [1.54, 1.807) is 34.9 Å². The van der Waals surface area contributed by atoms with E-state index in [0.717, 1.165) is 0 Å². The van der Waals surface area contributed by atoms with E-state index in [1.165, 1.54) is 18.7 Å². The smallest absolute Gasteiger partial charge is 0.289 e. The minimum absolute atomic E-state index is 0.171. The van der Waals surface area contributed by atoms with Crippen LogP contribution in [0, 0.1) is 6.92 Å². The van der Waals surface area contributed by atoms with E-state index < -0.39 is 0 Å². The molecule has 0 radical (unpaired) electrons. The van der Waals surface area contributed by atoms with Crippen molar-refractivity contribution in [3.05, 3.63) is 54.1 Å². The Hall–Kier alpha value is -3.69. The van der Waals surface area contributed by atoms with Gasteiger partial charge in [-0.1, -0.05) is 5.16 Å². The van der Waals surface area contributed by atoms with Crippen LogP contribution in [0.5, 0.6) is 0 Å². The summed E-state index contributed by atoms with van der Waals surface area (Å²) in [6, 6.07) is 5.03. The fourth-order valence-corrected chi connectivity index (χ4v) is 2.89. The van der Waals surface area contributed by atoms with Crippen LogP contribution in [0.25, 0.3) is 0 Å². The molecule has 144 valence electrons. The molecule has 10 heteroatoms. The second-order valence-electron chi connectivity index (χ2n) is 6.30. The number of nitrogens with one attached hydrogen (secondary N) is 1. The minimum Gasteiger partial charge on any atom is -0.459 e.